The number of nitrogens with zero attached hydrogens (tertiary/aromatic N) is 1. The van der Waals surface area contributed by atoms with Crippen LogP contribution in [0.15, 0.2) is 23.5 Å². The van der Waals surface area contributed by atoms with E-state index in [0.717, 1.165) is 17.9 Å². The molecule has 2 nitrogen and oxygen atoms in total. The molecule has 0 spiro atoms. The molecule has 0 aromatic heterocycles. The fourth-order valence-electron chi connectivity index (χ4n) is 5.62. The third-order valence-electron chi connectivity index (χ3n) is 7.94. The Hall–Kier alpha value is -0.920. The molecule has 0 saturated heterocycles. The molecule has 4 atom stereocenters. The molecule has 1 N–H and O–H groups in total. The number of hydrogen-bond donors (Lipinski definition) is 1. The normalized spacial score (nSPS) is 44.0. The topological polar surface area (TPSA) is 15.3 Å². The lowest BCUT2D eigenvalue weighted by molar-refractivity contribution is 0.00502. The molecule has 4 aliphatic rings. The van der Waals surface area contributed by atoms with Gasteiger partial charge in [-0.25, -0.2) is 0 Å². The number of nitrogens with one attached hydrogen (secondary N) is 1. The Morgan fingerprint density at radius 3 is 2.65 bits per heavy atom. The van der Waals surface area contributed by atoms with Gasteiger partial charge >= 0.3 is 0 Å². The molecule has 0 bridgehead atoms. The van der Waals surface area contributed by atoms with Crippen molar-refractivity contribution in [3.63, 3.8) is 0 Å². The Morgan fingerprint density at radius 2 is 2.17 bits per heavy atom. The molecule has 0 aromatic carbocycles. The van der Waals surface area contributed by atoms with Gasteiger partial charge in [0.05, 0.1) is 0 Å². The fraction of sp³-hybridized carbons (Fsp3) is 0.810. The Morgan fingerprint density at radius 1 is 1.39 bits per heavy atom. The van der Waals surface area contributed by atoms with Crippen LogP contribution in [0.3, 0.4) is 0 Å². The van der Waals surface area contributed by atoms with Gasteiger partial charge in [-0.15, -0.1) is 0 Å². The average molecular weight is 315 g/mol. The maximum absolute atomic E-state index is 3.46. The number of rotatable bonds is 5. The minimum absolute atomic E-state index is 0.516. The zero-order valence-electron chi connectivity index (χ0n) is 15.5. The van der Waals surface area contributed by atoms with Gasteiger partial charge < -0.3 is 10.2 Å². The minimum Gasteiger partial charge on any atom is -0.388 e. The lowest BCUT2D eigenvalue weighted by Gasteiger charge is -2.52. The van der Waals surface area contributed by atoms with E-state index < -0.39 is 0 Å². The molecule has 4 unspecified atom stereocenters. The quantitative estimate of drug-likeness (QED) is 0.781. The summed E-state index contributed by atoms with van der Waals surface area (Å²) in [6, 6.07) is 0.817. The van der Waals surface area contributed by atoms with Gasteiger partial charge in [0.15, 0.2) is 0 Å². The highest BCUT2D eigenvalue weighted by Gasteiger charge is 2.77. The smallest absolute Gasteiger partial charge is 0.0465 e. The van der Waals surface area contributed by atoms with E-state index in [9.17, 15) is 0 Å². The summed E-state index contributed by atoms with van der Waals surface area (Å²) in [6.07, 6.45) is 15.9. The molecule has 0 heterocycles. The van der Waals surface area contributed by atoms with Crippen LogP contribution >= 0.6 is 0 Å². The van der Waals surface area contributed by atoms with Gasteiger partial charge in [0.1, 0.15) is 0 Å². The van der Waals surface area contributed by atoms with E-state index in [1.807, 2.05) is 0 Å². The molecule has 4 aliphatic carbocycles. The largest absolute Gasteiger partial charge is 0.388 e. The zero-order valence-corrected chi connectivity index (χ0v) is 15.5. The van der Waals surface area contributed by atoms with E-state index in [0.29, 0.717) is 11.0 Å². The number of likely N-dealkylation sites (N-methyl/N-ethyl adjacent to an activating group) is 1. The fourth-order valence-corrected chi connectivity index (χ4v) is 5.62. The molecule has 0 amide bonds. The van der Waals surface area contributed by atoms with Crippen LogP contribution in [0.25, 0.3) is 0 Å². The summed E-state index contributed by atoms with van der Waals surface area (Å²) < 4.78 is 0. The molecule has 4 rings (SSSR count). The Labute approximate surface area is 142 Å². The van der Waals surface area contributed by atoms with Crippen LogP contribution in [0.1, 0.15) is 72.1 Å². The van der Waals surface area contributed by atoms with E-state index in [2.05, 4.69) is 50.3 Å². The summed E-state index contributed by atoms with van der Waals surface area (Å²) in [5.41, 5.74) is 4.08. The van der Waals surface area contributed by atoms with Crippen molar-refractivity contribution < 1.29 is 0 Å². The van der Waals surface area contributed by atoms with E-state index in [1.54, 1.807) is 5.57 Å². The summed E-state index contributed by atoms with van der Waals surface area (Å²) in [4.78, 5) is 2.86. The predicted molar refractivity (Wildman–Crippen MR) is 97.0 cm³/mol. The highest BCUT2D eigenvalue weighted by Crippen LogP contribution is 2.77. The van der Waals surface area contributed by atoms with Crippen molar-refractivity contribution in [2.75, 3.05) is 7.05 Å². The van der Waals surface area contributed by atoms with E-state index >= 15 is 0 Å². The van der Waals surface area contributed by atoms with Gasteiger partial charge in [-0.3, -0.25) is 0 Å². The lowest BCUT2D eigenvalue weighted by Crippen LogP contribution is -2.54. The molecule has 0 radical (unpaired) electrons. The number of allylic oxidation sites excluding steroid dienone is 2. The maximum atomic E-state index is 3.46. The second kappa shape index (κ2) is 5.29. The number of fused-ring (bicyclic) bond motifs is 1. The second-order valence-corrected chi connectivity index (χ2v) is 8.96. The van der Waals surface area contributed by atoms with Crippen molar-refractivity contribution in [3.8, 4) is 0 Å². The molecule has 3 saturated carbocycles. The van der Waals surface area contributed by atoms with Crippen molar-refractivity contribution in [2.45, 2.75) is 83.7 Å². The third-order valence-corrected chi connectivity index (χ3v) is 7.94. The van der Waals surface area contributed by atoms with Crippen LogP contribution in [0.2, 0.25) is 0 Å². The SMILES string of the molecule is CCC1CC=C(NC)/C(=C\N(C2CCC2)C23CC(C)C2(C)C3)C1. The van der Waals surface area contributed by atoms with Gasteiger partial charge in [0, 0.05) is 30.5 Å². The van der Waals surface area contributed by atoms with Crippen molar-refractivity contribution in [1.82, 2.24) is 10.2 Å². The third kappa shape index (κ3) is 2.13. The van der Waals surface area contributed by atoms with Crippen LogP contribution in [0, 0.1) is 17.3 Å². The number of hydrogen-bond acceptors (Lipinski definition) is 2. The van der Waals surface area contributed by atoms with Crippen molar-refractivity contribution in [2.24, 2.45) is 17.3 Å². The Balaban J connectivity index is 1.63. The molecule has 0 aliphatic heterocycles. The van der Waals surface area contributed by atoms with Crippen LogP contribution in [0.5, 0.6) is 0 Å². The maximum Gasteiger partial charge on any atom is 0.0465 e. The summed E-state index contributed by atoms with van der Waals surface area (Å²) in [7, 11) is 2.09. The first kappa shape index (κ1) is 15.6. The first-order chi connectivity index (χ1) is 11.0. The zero-order chi connectivity index (χ0) is 16.2. The van der Waals surface area contributed by atoms with E-state index in [4.69, 9.17) is 0 Å². The predicted octanol–water partition coefficient (Wildman–Crippen LogP) is 4.84. The van der Waals surface area contributed by atoms with Crippen LogP contribution in [-0.2, 0) is 0 Å². The monoisotopic (exact) mass is 314 g/mol. The Kier molecular flexibility index (Phi) is 3.59. The van der Waals surface area contributed by atoms with Gasteiger partial charge in [-0.2, -0.15) is 0 Å². The van der Waals surface area contributed by atoms with Crippen LogP contribution in [-0.4, -0.2) is 23.5 Å². The molecule has 23 heavy (non-hydrogen) atoms. The van der Waals surface area contributed by atoms with Gasteiger partial charge in [-0.05, 0) is 67.8 Å². The van der Waals surface area contributed by atoms with Gasteiger partial charge in [0.2, 0.25) is 0 Å². The first-order valence-electron chi connectivity index (χ1n) is 9.91. The Bertz CT molecular complexity index is 540. The van der Waals surface area contributed by atoms with Gasteiger partial charge in [0.25, 0.3) is 0 Å². The minimum atomic E-state index is 0.516. The van der Waals surface area contributed by atoms with Crippen molar-refractivity contribution >= 4 is 0 Å². The summed E-state index contributed by atoms with van der Waals surface area (Å²) in [5, 5.41) is 3.46. The molecule has 0 aromatic rings. The molecular weight excluding hydrogens is 280 g/mol. The van der Waals surface area contributed by atoms with E-state index in [-0.39, 0.29) is 0 Å². The van der Waals surface area contributed by atoms with Crippen molar-refractivity contribution in [3.05, 3.63) is 23.5 Å². The van der Waals surface area contributed by atoms with Crippen LogP contribution in [0.4, 0.5) is 0 Å². The van der Waals surface area contributed by atoms with Gasteiger partial charge in [-0.1, -0.05) is 33.3 Å². The highest BCUT2D eigenvalue weighted by molar-refractivity contribution is 5.37. The summed E-state index contributed by atoms with van der Waals surface area (Å²) in [5.74, 6) is 1.75. The average Bonchev–Trinajstić information content (AvgIpc) is 3.02. The molecule has 3 fully saturated rings. The first-order valence-corrected chi connectivity index (χ1v) is 9.91. The molecular formula is C21H34N2. The van der Waals surface area contributed by atoms with Crippen LogP contribution < -0.4 is 5.32 Å². The second-order valence-electron chi connectivity index (χ2n) is 8.96. The van der Waals surface area contributed by atoms with Crippen molar-refractivity contribution in [1.29, 1.82) is 0 Å². The highest BCUT2D eigenvalue weighted by atomic mass is 15.3. The lowest BCUT2D eigenvalue weighted by atomic mass is 9.69. The summed E-state index contributed by atoms with van der Waals surface area (Å²) in [6.45, 7) is 7.34. The summed E-state index contributed by atoms with van der Waals surface area (Å²) >= 11 is 0. The molecule has 2 heteroatoms. The van der Waals surface area contributed by atoms with E-state index in [1.165, 1.54) is 57.1 Å². The standard InChI is InChI=1S/C21H34N2/c1-5-16-9-10-19(22-4)17(11-16)13-23(18-7-6-8-18)21-12-15(2)20(21,3)14-21/h10,13,15-16,18,22H,5-9,11-12,14H2,1-4H3/b17-13-. The molecule has 128 valence electrons.